The molecular formula is C15H25FN2O. The predicted molar refractivity (Wildman–Crippen MR) is 78.1 cm³/mol. The molecule has 0 heterocycles. The number of anilines is 1. The maximum Gasteiger partial charge on any atom is 0.128 e. The third kappa shape index (κ3) is 4.80. The first kappa shape index (κ1) is 15.9. The van der Waals surface area contributed by atoms with E-state index in [1.807, 2.05) is 6.07 Å². The lowest BCUT2D eigenvalue weighted by molar-refractivity contribution is 0.204. The van der Waals surface area contributed by atoms with Crippen molar-refractivity contribution in [2.24, 2.45) is 11.7 Å². The van der Waals surface area contributed by atoms with Crippen LogP contribution in [0.1, 0.15) is 19.4 Å². The Labute approximate surface area is 115 Å². The van der Waals surface area contributed by atoms with E-state index in [0.717, 1.165) is 18.8 Å². The molecule has 0 saturated heterocycles. The molecule has 108 valence electrons. The number of hydrogen-bond acceptors (Lipinski definition) is 3. The van der Waals surface area contributed by atoms with Gasteiger partial charge in [0.2, 0.25) is 0 Å². The topological polar surface area (TPSA) is 38.5 Å². The number of hydrogen-bond donors (Lipinski definition) is 1. The Bertz CT molecular complexity index is 382. The van der Waals surface area contributed by atoms with Gasteiger partial charge in [-0.25, -0.2) is 4.39 Å². The number of benzene rings is 1. The SMILES string of the molecule is COCCN(CC(C)C)c1cccc(F)c1CCN. The molecular weight excluding hydrogens is 243 g/mol. The van der Waals surface area contributed by atoms with Gasteiger partial charge in [-0.3, -0.25) is 0 Å². The fraction of sp³-hybridized carbons (Fsp3) is 0.600. The van der Waals surface area contributed by atoms with Gasteiger partial charge in [0.1, 0.15) is 5.82 Å². The van der Waals surface area contributed by atoms with Gasteiger partial charge < -0.3 is 15.4 Å². The van der Waals surface area contributed by atoms with Crippen molar-refractivity contribution in [1.29, 1.82) is 0 Å². The summed E-state index contributed by atoms with van der Waals surface area (Å²) in [7, 11) is 1.68. The largest absolute Gasteiger partial charge is 0.383 e. The molecule has 0 aliphatic carbocycles. The van der Waals surface area contributed by atoms with Crippen LogP contribution in [0.5, 0.6) is 0 Å². The average molecular weight is 268 g/mol. The number of methoxy groups -OCH3 is 1. The Morgan fingerprint density at radius 3 is 2.68 bits per heavy atom. The fourth-order valence-corrected chi connectivity index (χ4v) is 2.19. The lowest BCUT2D eigenvalue weighted by Gasteiger charge is -2.28. The van der Waals surface area contributed by atoms with Crippen LogP contribution in [-0.4, -0.2) is 33.4 Å². The minimum absolute atomic E-state index is 0.172. The average Bonchev–Trinajstić information content (AvgIpc) is 2.37. The zero-order valence-corrected chi connectivity index (χ0v) is 12.2. The third-order valence-electron chi connectivity index (χ3n) is 2.98. The molecule has 0 aliphatic rings. The molecule has 0 fully saturated rings. The van der Waals surface area contributed by atoms with Gasteiger partial charge >= 0.3 is 0 Å². The maximum atomic E-state index is 13.9. The molecule has 3 nitrogen and oxygen atoms in total. The summed E-state index contributed by atoms with van der Waals surface area (Å²) in [6, 6.07) is 5.22. The van der Waals surface area contributed by atoms with Crippen LogP contribution in [0, 0.1) is 11.7 Å². The number of halogens is 1. The molecule has 19 heavy (non-hydrogen) atoms. The molecule has 0 atom stereocenters. The van der Waals surface area contributed by atoms with E-state index in [0.29, 0.717) is 31.1 Å². The Kier molecular flexibility index (Phi) is 6.81. The Hall–Kier alpha value is -1.13. The molecule has 0 amide bonds. The van der Waals surface area contributed by atoms with Crippen molar-refractivity contribution >= 4 is 5.69 Å². The first-order valence-electron chi connectivity index (χ1n) is 6.81. The Morgan fingerprint density at radius 2 is 2.11 bits per heavy atom. The highest BCUT2D eigenvalue weighted by Crippen LogP contribution is 2.24. The van der Waals surface area contributed by atoms with Crippen LogP contribution < -0.4 is 10.6 Å². The zero-order valence-electron chi connectivity index (χ0n) is 12.2. The summed E-state index contributed by atoms with van der Waals surface area (Å²) in [5.74, 6) is 0.333. The summed E-state index contributed by atoms with van der Waals surface area (Å²) in [6.07, 6.45) is 0.559. The van der Waals surface area contributed by atoms with Crippen molar-refractivity contribution in [3.63, 3.8) is 0 Å². The Morgan fingerprint density at radius 1 is 1.37 bits per heavy atom. The van der Waals surface area contributed by atoms with Crippen LogP contribution >= 0.6 is 0 Å². The van der Waals surface area contributed by atoms with E-state index in [9.17, 15) is 4.39 Å². The molecule has 4 heteroatoms. The lowest BCUT2D eigenvalue weighted by atomic mass is 10.1. The summed E-state index contributed by atoms with van der Waals surface area (Å²) in [5, 5.41) is 0. The van der Waals surface area contributed by atoms with Gasteiger partial charge in [0, 0.05) is 31.5 Å². The molecule has 0 radical (unpaired) electrons. The first-order valence-corrected chi connectivity index (χ1v) is 6.81. The van der Waals surface area contributed by atoms with Crippen LogP contribution in [0.2, 0.25) is 0 Å². The quantitative estimate of drug-likeness (QED) is 0.787. The molecule has 1 aromatic carbocycles. The van der Waals surface area contributed by atoms with E-state index in [1.165, 1.54) is 6.07 Å². The van der Waals surface area contributed by atoms with Crippen LogP contribution in [0.4, 0.5) is 10.1 Å². The van der Waals surface area contributed by atoms with Gasteiger partial charge in [-0.1, -0.05) is 19.9 Å². The molecule has 1 aromatic rings. The number of nitrogens with two attached hydrogens (primary N) is 1. The molecule has 0 saturated carbocycles. The minimum Gasteiger partial charge on any atom is -0.383 e. The van der Waals surface area contributed by atoms with Gasteiger partial charge in [-0.05, 0) is 31.0 Å². The summed E-state index contributed by atoms with van der Waals surface area (Å²) in [6.45, 7) is 7.03. The third-order valence-corrected chi connectivity index (χ3v) is 2.98. The molecule has 0 unspecified atom stereocenters. The summed E-state index contributed by atoms with van der Waals surface area (Å²) >= 11 is 0. The predicted octanol–water partition coefficient (Wildman–Crippen LogP) is 2.44. The second-order valence-electron chi connectivity index (χ2n) is 5.11. The van der Waals surface area contributed by atoms with Crippen LogP contribution in [-0.2, 0) is 11.2 Å². The van der Waals surface area contributed by atoms with E-state index in [2.05, 4.69) is 18.7 Å². The van der Waals surface area contributed by atoms with Crippen molar-refractivity contribution in [2.45, 2.75) is 20.3 Å². The zero-order chi connectivity index (χ0) is 14.3. The van der Waals surface area contributed by atoms with Gasteiger partial charge in [0.15, 0.2) is 0 Å². The number of ether oxygens (including phenoxy) is 1. The van der Waals surface area contributed by atoms with Crippen LogP contribution in [0.15, 0.2) is 18.2 Å². The second kappa shape index (κ2) is 8.12. The normalized spacial score (nSPS) is 11.1. The molecule has 1 rings (SSSR count). The lowest BCUT2D eigenvalue weighted by Crippen LogP contribution is -2.32. The van der Waals surface area contributed by atoms with Crippen molar-refractivity contribution in [3.8, 4) is 0 Å². The number of nitrogens with zero attached hydrogens (tertiary/aromatic N) is 1. The van der Waals surface area contributed by atoms with E-state index >= 15 is 0 Å². The van der Waals surface area contributed by atoms with Crippen LogP contribution in [0.3, 0.4) is 0 Å². The minimum atomic E-state index is -0.172. The molecule has 0 aromatic heterocycles. The standard InChI is InChI=1S/C15H25FN2O/c1-12(2)11-18(9-10-19-3)15-6-4-5-14(16)13(15)7-8-17/h4-6,12H,7-11,17H2,1-3H3. The number of rotatable bonds is 8. The smallest absolute Gasteiger partial charge is 0.128 e. The van der Waals surface area contributed by atoms with E-state index in [-0.39, 0.29) is 5.82 Å². The summed E-state index contributed by atoms with van der Waals surface area (Å²) < 4.78 is 19.1. The van der Waals surface area contributed by atoms with Crippen molar-refractivity contribution in [3.05, 3.63) is 29.6 Å². The monoisotopic (exact) mass is 268 g/mol. The molecule has 0 spiro atoms. The highest BCUT2D eigenvalue weighted by atomic mass is 19.1. The molecule has 0 aliphatic heterocycles. The van der Waals surface area contributed by atoms with E-state index < -0.39 is 0 Å². The van der Waals surface area contributed by atoms with E-state index in [1.54, 1.807) is 13.2 Å². The summed E-state index contributed by atoms with van der Waals surface area (Å²) in [5.41, 5.74) is 7.24. The Balaban J connectivity index is 3.02. The highest BCUT2D eigenvalue weighted by molar-refractivity contribution is 5.54. The van der Waals surface area contributed by atoms with Gasteiger partial charge in [0.05, 0.1) is 6.61 Å². The van der Waals surface area contributed by atoms with Crippen molar-refractivity contribution < 1.29 is 9.13 Å². The van der Waals surface area contributed by atoms with Gasteiger partial charge in [0.25, 0.3) is 0 Å². The molecule has 2 N–H and O–H groups in total. The van der Waals surface area contributed by atoms with Crippen molar-refractivity contribution in [1.82, 2.24) is 0 Å². The highest BCUT2D eigenvalue weighted by Gasteiger charge is 2.15. The van der Waals surface area contributed by atoms with Gasteiger partial charge in [-0.2, -0.15) is 0 Å². The fourth-order valence-electron chi connectivity index (χ4n) is 2.19. The molecule has 0 bridgehead atoms. The first-order chi connectivity index (χ1) is 9.10. The van der Waals surface area contributed by atoms with Gasteiger partial charge in [-0.15, -0.1) is 0 Å². The second-order valence-corrected chi connectivity index (χ2v) is 5.11. The maximum absolute atomic E-state index is 13.9. The van der Waals surface area contributed by atoms with Crippen molar-refractivity contribution in [2.75, 3.05) is 38.3 Å². The summed E-state index contributed by atoms with van der Waals surface area (Å²) in [4.78, 5) is 2.18. The van der Waals surface area contributed by atoms with E-state index in [4.69, 9.17) is 10.5 Å². The van der Waals surface area contributed by atoms with Crippen LogP contribution in [0.25, 0.3) is 0 Å².